The average molecular weight is 430 g/mol. The van der Waals surface area contributed by atoms with Crippen LogP contribution in [0.15, 0.2) is 21.5 Å². The fraction of sp³-hybridized carbons (Fsp3) is 0.312. The number of benzene rings is 1. The predicted molar refractivity (Wildman–Crippen MR) is 96.3 cm³/mol. The van der Waals surface area contributed by atoms with Crippen molar-refractivity contribution in [2.24, 2.45) is 0 Å². The van der Waals surface area contributed by atoms with E-state index in [2.05, 4.69) is 15.9 Å². The molecular weight excluding hydrogens is 414 g/mol. The highest BCUT2D eigenvalue weighted by Crippen LogP contribution is 2.38. The smallest absolute Gasteiger partial charge is 0.329 e. The van der Waals surface area contributed by atoms with Crippen LogP contribution in [0, 0.1) is 0 Å². The molecule has 1 unspecified atom stereocenters. The van der Waals surface area contributed by atoms with Gasteiger partial charge in [-0.2, -0.15) is 0 Å². The third kappa shape index (κ3) is 3.98. The Hall–Kier alpha value is -2.00. The summed E-state index contributed by atoms with van der Waals surface area (Å²) >= 11 is 4.02. The third-order valence-corrected chi connectivity index (χ3v) is 4.99. The van der Waals surface area contributed by atoms with E-state index in [9.17, 15) is 19.5 Å². The van der Waals surface area contributed by atoms with Gasteiger partial charge in [0.25, 0.3) is 11.1 Å². The van der Waals surface area contributed by atoms with Crippen LogP contribution >= 0.6 is 27.7 Å². The number of phenols is 1. The number of thioether (sulfide) groups is 1. The maximum absolute atomic E-state index is 12.5. The lowest BCUT2D eigenvalue weighted by atomic mass is 10.1. The molecule has 7 nitrogen and oxygen atoms in total. The van der Waals surface area contributed by atoms with Crippen LogP contribution in [0.25, 0.3) is 6.08 Å². The zero-order valence-electron chi connectivity index (χ0n) is 13.7. The molecule has 0 bridgehead atoms. The van der Waals surface area contributed by atoms with Gasteiger partial charge in [-0.3, -0.25) is 14.5 Å². The first-order valence-electron chi connectivity index (χ1n) is 7.30. The Morgan fingerprint density at radius 3 is 2.72 bits per heavy atom. The van der Waals surface area contributed by atoms with Gasteiger partial charge in [0, 0.05) is 4.47 Å². The number of halogens is 1. The second-order valence-corrected chi connectivity index (χ2v) is 6.87. The van der Waals surface area contributed by atoms with Gasteiger partial charge in [0.05, 0.1) is 18.6 Å². The van der Waals surface area contributed by atoms with Gasteiger partial charge in [-0.15, -0.1) is 0 Å². The first-order chi connectivity index (χ1) is 11.8. The van der Waals surface area contributed by atoms with Crippen LogP contribution in [0.2, 0.25) is 0 Å². The number of imide groups is 1. The highest BCUT2D eigenvalue weighted by Gasteiger charge is 2.41. The van der Waals surface area contributed by atoms with Crippen LogP contribution in [-0.2, 0) is 14.3 Å². The molecular formula is C16H16BrNO6S. The van der Waals surface area contributed by atoms with E-state index in [4.69, 9.17) is 9.47 Å². The normalized spacial score (nSPS) is 17.1. The Kier molecular flexibility index (Phi) is 6.12. The molecule has 0 aromatic heterocycles. The maximum Gasteiger partial charge on any atom is 0.329 e. The van der Waals surface area contributed by atoms with Crippen LogP contribution in [0.5, 0.6) is 11.5 Å². The molecule has 1 aliphatic rings. The monoisotopic (exact) mass is 429 g/mol. The van der Waals surface area contributed by atoms with Crippen LogP contribution < -0.4 is 4.74 Å². The molecule has 1 aliphatic heterocycles. The van der Waals surface area contributed by atoms with E-state index in [1.54, 1.807) is 6.92 Å². The summed E-state index contributed by atoms with van der Waals surface area (Å²) in [7, 11) is 1.40. The van der Waals surface area contributed by atoms with Crippen LogP contribution in [0.4, 0.5) is 4.79 Å². The average Bonchev–Trinajstić information content (AvgIpc) is 2.83. The summed E-state index contributed by atoms with van der Waals surface area (Å²) in [5.74, 6) is -1.04. The van der Waals surface area contributed by atoms with Crippen LogP contribution in [-0.4, -0.2) is 46.9 Å². The fourth-order valence-electron chi connectivity index (χ4n) is 2.16. The molecule has 1 atom stereocenters. The lowest BCUT2D eigenvalue weighted by Crippen LogP contribution is -2.42. The van der Waals surface area contributed by atoms with Gasteiger partial charge < -0.3 is 14.6 Å². The largest absolute Gasteiger partial charge is 0.504 e. The van der Waals surface area contributed by atoms with Crippen molar-refractivity contribution < 1.29 is 29.0 Å². The lowest BCUT2D eigenvalue weighted by Gasteiger charge is -2.19. The van der Waals surface area contributed by atoms with Gasteiger partial charge in [0.2, 0.25) is 0 Å². The van der Waals surface area contributed by atoms with E-state index in [-0.39, 0.29) is 23.0 Å². The number of hydrogen-bond acceptors (Lipinski definition) is 7. The van der Waals surface area contributed by atoms with Gasteiger partial charge in [-0.25, -0.2) is 4.79 Å². The summed E-state index contributed by atoms with van der Waals surface area (Å²) in [4.78, 5) is 37.5. The van der Waals surface area contributed by atoms with Crippen molar-refractivity contribution in [1.82, 2.24) is 4.90 Å². The van der Waals surface area contributed by atoms with Crippen LogP contribution in [0.3, 0.4) is 0 Å². The SMILES string of the molecule is CCOC(=O)C(C)N1C(=O)SC(=Cc2cc(OC)c(O)cc2Br)C1=O. The number of aromatic hydroxyl groups is 1. The Balaban J connectivity index is 2.33. The number of nitrogens with zero attached hydrogens (tertiary/aromatic N) is 1. The molecule has 9 heteroatoms. The Labute approximate surface area is 157 Å². The molecule has 0 aliphatic carbocycles. The number of methoxy groups -OCH3 is 1. The zero-order chi connectivity index (χ0) is 18.7. The van der Waals surface area contributed by atoms with Crippen molar-refractivity contribution in [2.45, 2.75) is 19.9 Å². The summed E-state index contributed by atoms with van der Waals surface area (Å²) in [5.41, 5.74) is 0.545. The Bertz CT molecular complexity index is 763. The summed E-state index contributed by atoms with van der Waals surface area (Å²) < 4.78 is 10.4. The lowest BCUT2D eigenvalue weighted by molar-refractivity contribution is -0.150. The molecule has 2 amide bonds. The van der Waals surface area contributed by atoms with Crippen molar-refractivity contribution in [3.63, 3.8) is 0 Å². The standard InChI is InChI=1S/C16H16BrNO6S/c1-4-24-15(21)8(2)18-14(20)13(25-16(18)22)6-9-5-12(23-3)11(19)7-10(9)17/h5-8,19H,4H2,1-3H3. The minimum absolute atomic E-state index is 0.0597. The van der Waals surface area contributed by atoms with Gasteiger partial charge in [-0.05, 0) is 49.4 Å². The number of rotatable bonds is 5. The van der Waals surface area contributed by atoms with E-state index < -0.39 is 23.2 Å². The van der Waals surface area contributed by atoms with Crippen LogP contribution in [0.1, 0.15) is 19.4 Å². The maximum atomic E-state index is 12.5. The second kappa shape index (κ2) is 7.92. The molecule has 25 heavy (non-hydrogen) atoms. The van der Waals surface area contributed by atoms with Crippen molar-refractivity contribution >= 4 is 50.9 Å². The van der Waals surface area contributed by atoms with E-state index in [0.717, 1.165) is 16.7 Å². The Morgan fingerprint density at radius 2 is 2.12 bits per heavy atom. The van der Waals surface area contributed by atoms with Crippen molar-refractivity contribution in [1.29, 1.82) is 0 Å². The third-order valence-electron chi connectivity index (χ3n) is 3.42. The first-order valence-corrected chi connectivity index (χ1v) is 8.91. The summed E-state index contributed by atoms with van der Waals surface area (Å²) in [6.45, 7) is 3.25. The molecule has 1 saturated heterocycles. The number of ether oxygens (including phenoxy) is 2. The molecule has 0 radical (unpaired) electrons. The van der Waals surface area contributed by atoms with Crippen molar-refractivity contribution in [3.05, 3.63) is 27.1 Å². The minimum atomic E-state index is -1.00. The molecule has 0 spiro atoms. The molecule has 2 rings (SSSR count). The number of hydrogen-bond donors (Lipinski definition) is 1. The zero-order valence-corrected chi connectivity index (χ0v) is 16.1. The van der Waals surface area contributed by atoms with E-state index >= 15 is 0 Å². The molecule has 0 saturated carbocycles. The summed E-state index contributed by atoms with van der Waals surface area (Å²) in [6, 6.07) is 1.95. The Morgan fingerprint density at radius 1 is 1.44 bits per heavy atom. The number of esters is 1. The van der Waals surface area contributed by atoms with E-state index in [0.29, 0.717) is 10.0 Å². The predicted octanol–water partition coefficient (Wildman–Crippen LogP) is 3.15. The van der Waals surface area contributed by atoms with Crippen molar-refractivity contribution in [2.75, 3.05) is 13.7 Å². The van der Waals surface area contributed by atoms with Crippen molar-refractivity contribution in [3.8, 4) is 11.5 Å². The van der Waals surface area contributed by atoms with Gasteiger partial charge >= 0.3 is 5.97 Å². The van der Waals surface area contributed by atoms with Gasteiger partial charge in [0.1, 0.15) is 6.04 Å². The number of amides is 2. The second-order valence-electron chi connectivity index (χ2n) is 5.03. The molecule has 1 heterocycles. The minimum Gasteiger partial charge on any atom is -0.504 e. The number of carbonyl (C=O) groups is 3. The molecule has 1 aromatic rings. The molecule has 134 valence electrons. The molecule has 1 fully saturated rings. The van der Waals surface area contributed by atoms with Gasteiger partial charge in [0.15, 0.2) is 11.5 Å². The number of phenolic OH excluding ortho intramolecular Hbond substituents is 1. The fourth-order valence-corrected chi connectivity index (χ4v) is 3.50. The number of carbonyl (C=O) groups excluding carboxylic acids is 3. The molecule has 1 aromatic carbocycles. The summed E-state index contributed by atoms with van der Waals surface area (Å²) in [6.07, 6.45) is 1.49. The highest BCUT2D eigenvalue weighted by atomic mass is 79.9. The topological polar surface area (TPSA) is 93.1 Å². The van der Waals surface area contributed by atoms with Gasteiger partial charge in [-0.1, -0.05) is 15.9 Å². The van der Waals surface area contributed by atoms with E-state index in [1.807, 2.05) is 0 Å². The first kappa shape index (κ1) is 19.3. The summed E-state index contributed by atoms with van der Waals surface area (Å²) in [5, 5.41) is 9.19. The quantitative estimate of drug-likeness (QED) is 0.567. The van der Waals surface area contributed by atoms with E-state index in [1.165, 1.54) is 32.2 Å². The highest BCUT2D eigenvalue weighted by molar-refractivity contribution is 9.10. The molecule has 1 N–H and O–H groups in total.